The number of aliphatic hydroxyl groups is 4. The summed E-state index contributed by atoms with van der Waals surface area (Å²) in [6.45, 7) is 12.7. The first kappa shape index (κ1) is 54.1. The number of amides is 1. The number of aryl methyl sites for hydroxylation is 4. The predicted molar refractivity (Wildman–Crippen MR) is 244 cm³/mol. The van der Waals surface area contributed by atoms with E-state index in [4.69, 9.17) is 38.8 Å². The Balaban J connectivity index is 0.000000277. The van der Waals surface area contributed by atoms with Crippen molar-refractivity contribution in [3.8, 4) is 23.2 Å². The first-order valence-corrected chi connectivity index (χ1v) is 21.8. The molecular formula is C45H53N9O17. The van der Waals surface area contributed by atoms with Gasteiger partial charge in [0, 0.05) is 26.7 Å². The van der Waals surface area contributed by atoms with Crippen LogP contribution in [0.15, 0.2) is 42.9 Å². The number of aliphatic hydroxyl groups excluding tert-OH is 4. The van der Waals surface area contributed by atoms with E-state index in [-0.39, 0.29) is 48.8 Å². The molecule has 0 saturated heterocycles. The van der Waals surface area contributed by atoms with Crippen LogP contribution in [-0.4, -0.2) is 140 Å². The lowest BCUT2D eigenvalue weighted by Crippen LogP contribution is -2.43. The summed E-state index contributed by atoms with van der Waals surface area (Å²) in [5, 5.41) is 45.9. The zero-order valence-electron chi connectivity index (χ0n) is 40.1. The number of fused-ring (bicyclic) bond motifs is 2. The van der Waals surface area contributed by atoms with Crippen molar-refractivity contribution >= 4 is 51.9 Å². The van der Waals surface area contributed by atoms with Gasteiger partial charge in [0.1, 0.15) is 37.1 Å². The van der Waals surface area contributed by atoms with Crippen LogP contribution in [0.1, 0.15) is 78.1 Å². The maximum atomic E-state index is 13.9. The first-order valence-electron chi connectivity index (χ1n) is 21.8. The average Bonchev–Trinajstić information content (AvgIpc) is 4.02. The van der Waals surface area contributed by atoms with Crippen LogP contribution in [0.2, 0.25) is 0 Å². The minimum Gasteiger partial charge on any atom is -0.462 e. The molecular weight excluding hydrogens is 939 g/mol. The standard InChI is InChI=1S/C27H32N4O10.C18H21N5O7/c1-8-37-27(36)24-29-25(41-30-24)23-26(35)31(20-10-14(3)13(2)9-19(20)28-23)11-21(39-17(6)33)15(4)22(40-18(7)34)12-38-16(5)32;1-7-3-9-10(4-8(7)2)23(5-11(25)14(27)12(26)6-24)18(29)13(20-9)17-21-16(15(19)28)22-30-17/h9-10,15,21-22H,8,11-12H2,1-7H3;3-4,11-12,14,24-27H,5-6H2,1-2H3,(H2,19,28)/t15-,21-,22+;11-,12+,14-/m00/s1. The van der Waals surface area contributed by atoms with Crippen molar-refractivity contribution in [2.75, 3.05) is 19.8 Å². The van der Waals surface area contributed by atoms with Crippen LogP contribution in [-0.2, 0) is 46.4 Å². The van der Waals surface area contributed by atoms with E-state index in [1.54, 1.807) is 38.1 Å². The Morgan fingerprint density at radius 2 is 1.13 bits per heavy atom. The summed E-state index contributed by atoms with van der Waals surface area (Å²) < 4.78 is 33.5. The van der Waals surface area contributed by atoms with Gasteiger partial charge in [-0.3, -0.25) is 28.8 Å². The van der Waals surface area contributed by atoms with E-state index in [0.29, 0.717) is 22.1 Å². The maximum Gasteiger partial charge on any atom is 0.379 e. The van der Waals surface area contributed by atoms with Gasteiger partial charge in [-0.05, 0) is 86.3 Å². The SMILES string of the molecule is CCOC(=O)c1noc(-c2nc3cc(C)c(C)cc3n(C[C@H](OC(C)=O)[C@H](C)[C@@H](COC(C)=O)OC(C)=O)c2=O)n1.Cc1cc2nc(-c3nc(C(N)=O)no3)c(=O)n(C[C@H](O)[C@H](O)[C@H](O)CO)c2cc1C. The maximum absolute atomic E-state index is 13.9. The van der Waals surface area contributed by atoms with Gasteiger partial charge in [-0.2, -0.15) is 9.97 Å². The molecule has 71 heavy (non-hydrogen) atoms. The molecule has 0 spiro atoms. The van der Waals surface area contributed by atoms with Gasteiger partial charge in [0.2, 0.25) is 0 Å². The number of esters is 4. The van der Waals surface area contributed by atoms with Crippen molar-refractivity contribution in [1.29, 1.82) is 0 Å². The van der Waals surface area contributed by atoms with E-state index in [0.717, 1.165) is 26.8 Å². The number of rotatable bonds is 18. The molecule has 26 nitrogen and oxygen atoms in total. The second-order valence-electron chi connectivity index (χ2n) is 16.3. The van der Waals surface area contributed by atoms with Crippen molar-refractivity contribution in [2.24, 2.45) is 11.7 Å². The molecule has 0 radical (unpaired) electrons. The second kappa shape index (κ2) is 23.2. The van der Waals surface area contributed by atoms with Crippen molar-refractivity contribution in [1.82, 2.24) is 39.4 Å². The molecule has 0 aliphatic carbocycles. The van der Waals surface area contributed by atoms with Crippen LogP contribution >= 0.6 is 0 Å². The molecule has 4 aromatic heterocycles. The number of primary amides is 1. The topological polar surface area (TPSA) is 377 Å². The highest BCUT2D eigenvalue weighted by Crippen LogP contribution is 2.25. The summed E-state index contributed by atoms with van der Waals surface area (Å²) in [4.78, 5) is 102. The van der Waals surface area contributed by atoms with Crippen LogP contribution in [0.25, 0.3) is 45.2 Å². The molecule has 0 saturated carbocycles. The zero-order valence-corrected chi connectivity index (χ0v) is 40.1. The third kappa shape index (κ3) is 12.9. The normalized spacial score (nSPS) is 13.8. The molecule has 6 aromatic rings. The summed E-state index contributed by atoms with van der Waals surface area (Å²) in [6, 6.07) is 6.92. The fourth-order valence-electron chi connectivity index (χ4n) is 6.96. The van der Waals surface area contributed by atoms with Crippen molar-refractivity contribution in [3.63, 3.8) is 0 Å². The number of nitrogens with zero attached hydrogens (tertiary/aromatic N) is 8. The largest absolute Gasteiger partial charge is 0.462 e. The van der Waals surface area contributed by atoms with Crippen LogP contribution in [0.3, 0.4) is 0 Å². The second-order valence-corrected chi connectivity index (χ2v) is 16.3. The molecule has 6 N–H and O–H groups in total. The molecule has 0 aliphatic rings. The van der Waals surface area contributed by atoms with Crippen LogP contribution in [0.5, 0.6) is 0 Å². The van der Waals surface area contributed by atoms with E-state index < -0.39 is 96.3 Å². The van der Waals surface area contributed by atoms with E-state index in [1.807, 2.05) is 27.7 Å². The van der Waals surface area contributed by atoms with Crippen molar-refractivity contribution < 1.29 is 72.4 Å². The van der Waals surface area contributed by atoms with Crippen LogP contribution in [0, 0.1) is 33.6 Å². The number of hydrogen-bond donors (Lipinski definition) is 5. The number of aromatic nitrogens is 8. The molecule has 26 heteroatoms. The lowest BCUT2D eigenvalue weighted by Gasteiger charge is -2.30. The van der Waals surface area contributed by atoms with Gasteiger partial charge >= 0.3 is 23.9 Å². The van der Waals surface area contributed by atoms with E-state index in [2.05, 4.69) is 30.2 Å². The summed E-state index contributed by atoms with van der Waals surface area (Å²) in [5.74, 6) is -5.84. The van der Waals surface area contributed by atoms with Crippen LogP contribution in [0.4, 0.5) is 0 Å². The van der Waals surface area contributed by atoms with Gasteiger partial charge in [-0.25, -0.2) is 14.8 Å². The molecule has 6 rings (SSSR count). The Morgan fingerprint density at radius 1 is 0.662 bits per heavy atom. The summed E-state index contributed by atoms with van der Waals surface area (Å²) in [5.41, 5.74) is 8.18. The minimum absolute atomic E-state index is 0.0872. The highest BCUT2D eigenvalue weighted by Gasteiger charge is 2.34. The highest BCUT2D eigenvalue weighted by molar-refractivity contribution is 5.89. The zero-order chi connectivity index (χ0) is 52.6. The quantitative estimate of drug-likeness (QED) is 0.0579. The third-order valence-corrected chi connectivity index (χ3v) is 11.0. The Labute approximate surface area is 402 Å². The summed E-state index contributed by atoms with van der Waals surface area (Å²) in [7, 11) is 0. The molecule has 0 aliphatic heterocycles. The molecule has 2 aromatic carbocycles. The summed E-state index contributed by atoms with van der Waals surface area (Å²) in [6.07, 6.45) is -6.90. The Morgan fingerprint density at radius 3 is 1.58 bits per heavy atom. The molecule has 6 atom stereocenters. The van der Waals surface area contributed by atoms with Gasteiger partial charge in [-0.1, -0.05) is 12.1 Å². The molecule has 380 valence electrons. The fraction of sp³-hybridized carbons (Fsp3) is 0.444. The third-order valence-electron chi connectivity index (χ3n) is 11.0. The molecule has 1 amide bonds. The van der Waals surface area contributed by atoms with Crippen molar-refractivity contribution in [3.05, 3.63) is 78.9 Å². The Bertz CT molecular complexity index is 3090. The number of ether oxygens (including phenoxy) is 4. The Hall–Kier alpha value is -7.81. The molecule has 0 unspecified atom stereocenters. The van der Waals surface area contributed by atoms with E-state index in [9.17, 15) is 48.9 Å². The van der Waals surface area contributed by atoms with Gasteiger partial charge in [0.15, 0.2) is 11.4 Å². The summed E-state index contributed by atoms with van der Waals surface area (Å²) >= 11 is 0. The highest BCUT2D eigenvalue weighted by atomic mass is 16.6. The molecule has 0 bridgehead atoms. The fourth-order valence-corrected chi connectivity index (χ4v) is 6.96. The van der Waals surface area contributed by atoms with Gasteiger partial charge in [0.05, 0.1) is 48.4 Å². The predicted octanol–water partition coefficient (Wildman–Crippen LogP) is 0.540. The van der Waals surface area contributed by atoms with Gasteiger partial charge in [0.25, 0.3) is 40.5 Å². The molecule has 4 heterocycles. The van der Waals surface area contributed by atoms with Gasteiger partial charge < -0.3 is 63.3 Å². The lowest BCUT2D eigenvalue weighted by molar-refractivity contribution is -0.167. The van der Waals surface area contributed by atoms with E-state index >= 15 is 0 Å². The number of benzene rings is 2. The number of carbonyl (C=O) groups is 5. The number of nitrogens with two attached hydrogens (primary N) is 1. The van der Waals surface area contributed by atoms with Crippen molar-refractivity contribution in [2.45, 2.75) is 106 Å². The lowest BCUT2D eigenvalue weighted by atomic mass is 9.97. The Kier molecular flexibility index (Phi) is 17.7. The van der Waals surface area contributed by atoms with Gasteiger partial charge in [-0.15, -0.1) is 0 Å². The number of hydrogen-bond acceptors (Lipinski definition) is 23. The smallest absolute Gasteiger partial charge is 0.379 e. The molecule has 0 fully saturated rings. The monoisotopic (exact) mass is 991 g/mol. The first-order chi connectivity index (χ1) is 33.4. The van der Waals surface area contributed by atoms with Crippen LogP contribution < -0.4 is 16.9 Å². The van der Waals surface area contributed by atoms with E-state index in [1.165, 1.54) is 25.3 Å². The average molecular weight is 992 g/mol. The minimum atomic E-state index is -1.70. The number of carbonyl (C=O) groups excluding carboxylic acids is 5.